The van der Waals surface area contributed by atoms with Crippen molar-refractivity contribution < 1.29 is 9.84 Å². The molecule has 0 aliphatic carbocycles. The lowest BCUT2D eigenvalue weighted by atomic mass is 9.89. The van der Waals surface area contributed by atoms with Crippen LogP contribution in [0.15, 0.2) is 48.5 Å². The molecule has 1 heterocycles. The van der Waals surface area contributed by atoms with E-state index in [-0.39, 0.29) is 5.54 Å². The first-order valence-corrected chi connectivity index (χ1v) is 8.97. The SMILES string of the molecule is CC1(C(O)CCOc2cc[c]cc2)CN(c2ccc(Cl)cc2)CCN1. The molecule has 133 valence electrons. The highest BCUT2D eigenvalue weighted by Gasteiger charge is 2.37. The van der Waals surface area contributed by atoms with Gasteiger partial charge in [0.15, 0.2) is 0 Å². The molecule has 1 aliphatic rings. The Morgan fingerprint density at radius 1 is 1.28 bits per heavy atom. The fourth-order valence-electron chi connectivity index (χ4n) is 3.18. The maximum atomic E-state index is 10.7. The van der Waals surface area contributed by atoms with Gasteiger partial charge in [0, 0.05) is 36.8 Å². The van der Waals surface area contributed by atoms with Gasteiger partial charge in [-0.3, -0.25) is 0 Å². The van der Waals surface area contributed by atoms with Crippen LogP contribution in [0.25, 0.3) is 0 Å². The van der Waals surface area contributed by atoms with Crippen LogP contribution in [0, 0.1) is 6.07 Å². The zero-order chi connectivity index (χ0) is 17.7. The lowest BCUT2D eigenvalue weighted by Crippen LogP contribution is -2.64. The van der Waals surface area contributed by atoms with Gasteiger partial charge in [0.05, 0.1) is 18.2 Å². The van der Waals surface area contributed by atoms with Gasteiger partial charge in [0.1, 0.15) is 5.75 Å². The van der Waals surface area contributed by atoms with Crippen molar-refractivity contribution in [3.63, 3.8) is 0 Å². The Hall–Kier alpha value is -1.75. The number of benzene rings is 2. The Balaban J connectivity index is 1.56. The second kappa shape index (κ2) is 8.09. The number of nitrogens with zero attached hydrogens (tertiary/aromatic N) is 1. The van der Waals surface area contributed by atoms with Crippen LogP contribution in [0.4, 0.5) is 5.69 Å². The maximum absolute atomic E-state index is 10.7. The molecule has 1 saturated heterocycles. The van der Waals surface area contributed by atoms with Gasteiger partial charge in [0.25, 0.3) is 0 Å². The predicted octanol–water partition coefficient (Wildman–Crippen LogP) is 3.14. The molecule has 3 rings (SSSR count). The van der Waals surface area contributed by atoms with Crippen molar-refractivity contribution in [1.29, 1.82) is 0 Å². The van der Waals surface area contributed by atoms with Gasteiger partial charge in [0.2, 0.25) is 0 Å². The zero-order valence-electron chi connectivity index (χ0n) is 14.4. The number of piperazine rings is 1. The number of aliphatic hydroxyl groups is 1. The number of hydrogen-bond acceptors (Lipinski definition) is 4. The zero-order valence-corrected chi connectivity index (χ0v) is 15.2. The van der Waals surface area contributed by atoms with Crippen molar-refractivity contribution in [2.24, 2.45) is 0 Å². The van der Waals surface area contributed by atoms with Crippen molar-refractivity contribution in [3.8, 4) is 5.75 Å². The highest BCUT2D eigenvalue weighted by Crippen LogP contribution is 2.25. The van der Waals surface area contributed by atoms with Gasteiger partial charge < -0.3 is 20.1 Å². The third-order valence-corrected chi connectivity index (χ3v) is 4.96. The first-order valence-electron chi connectivity index (χ1n) is 8.59. The number of anilines is 1. The van der Waals surface area contributed by atoms with E-state index in [0.717, 1.165) is 36.1 Å². The Labute approximate surface area is 154 Å². The van der Waals surface area contributed by atoms with Crippen LogP contribution in [-0.2, 0) is 0 Å². The summed E-state index contributed by atoms with van der Waals surface area (Å²) in [6.45, 7) is 5.00. The van der Waals surface area contributed by atoms with Gasteiger partial charge in [-0.05, 0) is 49.4 Å². The van der Waals surface area contributed by atoms with E-state index < -0.39 is 6.10 Å². The van der Waals surface area contributed by atoms with Crippen molar-refractivity contribution in [2.45, 2.75) is 25.0 Å². The Kier molecular flexibility index (Phi) is 5.84. The summed E-state index contributed by atoms with van der Waals surface area (Å²) in [5, 5.41) is 14.9. The Morgan fingerprint density at radius 3 is 2.72 bits per heavy atom. The molecule has 2 aromatic carbocycles. The summed E-state index contributed by atoms with van der Waals surface area (Å²) >= 11 is 5.98. The van der Waals surface area contributed by atoms with E-state index in [2.05, 4.69) is 23.2 Å². The van der Waals surface area contributed by atoms with E-state index in [1.54, 1.807) is 0 Å². The minimum atomic E-state index is -0.502. The number of halogens is 1. The summed E-state index contributed by atoms with van der Waals surface area (Å²) in [6, 6.07) is 18.2. The minimum Gasteiger partial charge on any atom is -0.493 e. The summed E-state index contributed by atoms with van der Waals surface area (Å²) in [4.78, 5) is 2.28. The summed E-state index contributed by atoms with van der Waals surface area (Å²) in [6.07, 6.45) is 0.0641. The quantitative estimate of drug-likeness (QED) is 0.831. The van der Waals surface area contributed by atoms with Crippen molar-refractivity contribution in [3.05, 3.63) is 59.6 Å². The summed E-state index contributed by atoms with van der Waals surface area (Å²) in [7, 11) is 0. The molecule has 2 atom stereocenters. The number of ether oxygens (including phenoxy) is 1. The van der Waals surface area contributed by atoms with Crippen LogP contribution < -0.4 is 15.0 Å². The maximum Gasteiger partial charge on any atom is 0.119 e. The molecule has 1 fully saturated rings. The normalized spacial score (nSPS) is 21.8. The average Bonchev–Trinajstić information content (AvgIpc) is 2.63. The van der Waals surface area contributed by atoms with Crippen LogP contribution >= 0.6 is 11.6 Å². The van der Waals surface area contributed by atoms with E-state index in [9.17, 15) is 5.11 Å². The van der Waals surface area contributed by atoms with Crippen LogP contribution in [-0.4, -0.2) is 43.0 Å². The molecule has 2 aromatic rings. The van der Waals surface area contributed by atoms with Gasteiger partial charge >= 0.3 is 0 Å². The number of hydrogen-bond donors (Lipinski definition) is 2. The Bertz CT molecular complexity index is 665. The van der Waals surface area contributed by atoms with Crippen molar-refractivity contribution in [2.75, 3.05) is 31.1 Å². The Morgan fingerprint density at radius 2 is 2.00 bits per heavy atom. The number of rotatable bonds is 6. The standard InChI is InChI=1S/C20H24ClN2O2/c1-20(19(24)11-14-25-18-5-3-2-4-6-18)15-23(13-12-22-20)17-9-7-16(21)8-10-17/h3-10,19,22,24H,11-15H2,1H3. The smallest absolute Gasteiger partial charge is 0.119 e. The monoisotopic (exact) mass is 359 g/mol. The van der Waals surface area contributed by atoms with Crippen LogP contribution in [0.3, 0.4) is 0 Å². The van der Waals surface area contributed by atoms with Gasteiger partial charge in [-0.15, -0.1) is 0 Å². The first kappa shape index (κ1) is 18.1. The minimum absolute atomic E-state index is 0.383. The van der Waals surface area contributed by atoms with Crippen molar-refractivity contribution >= 4 is 17.3 Å². The molecule has 1 aliphatic heterocycles. The lowest BCUT2D eigenvalue weighted by molar-refractivity contribution is 0.0480. The molecule has 5 heteroatoms. The molecule has 1 radical (unpaired) electrons. The molecule has 0 aromatic heterocycles. The van der Waals surface area contributed by atoms with E-state index in [1.807, 2.05) is 48.5 Å². The second-order valence-electron chi connectivity index (χ2n) is 6.63. The molecule has 25 heavy (non-hydrogen) atoms. The molecular weight excluding hydrogens is 336 g/mol. The largest absolute Gasteiger partial charge is 0.493 e. The number of nitrogens with one attached hydrogen (secondary N) is 1. The van der Waals surface area contributed by atoms with Crippen LogP contribution in [0.1, 0.15) is 13.3 Å². The molecule has 0 spiro atoms. The average molecular weight is 360 g/mol. The van der Waals surface area contributed by atoms with E-state index in [1.165, 1.54) is 0 Å². The predicted molar refractivity (Wildman–Crippen MR) is 101 cm³/mol. The van der Waals surface area contributed by atoms with Gasteiger partial charge in [-0.2, -0.15) is 0 Å². The topological polar surface area (TPSA) is 44.7 Å². The van der Waals surface area contributed by atoms with Crippen LogP contribution in [0.2, 0.25) is 5.02 Å². The number of aliphatic hydroxyl groups excluding tert-OH is 1. The third kappa shape index (κ3) is 4.66. The fourth-order valence-corrected chi connectivity index (χ4v) is 3.30. The molecule has 2 N–H and O–H groups in total. The van der Waals surface area contributed by atoms with E-state index >= 15 is 0 Å². The molecule has 4 nitrogen and oxygen atoms in total. The summed E-state index contributed by atoms with van der Waals surface area (Å²) in [5.41, 5.74) is 0.743. The van der Waals surface area contributed by atoms with Crippen molar-refractivity contribution in [1.82, 2.24) is 5.32 Å². The molecular formula is C20H24ClN2O2. The summed E-state index contributed by atoms with van der Waals surface area (Å²) in [5.74, 6) is 0.801. The second-order valence-corrected chi connectivity index (χ2v) is 7.07. The lowest BCUT2D eigenvalue weighted by Gasteiger charge is -2.45. The third-order valence-electron chi connectivity index (χ3n) is 4.70. The first-order chi connectivity index (χ1) is 12.1. The molecule has 2 unspecified atom stereocenters. The molecule has 0 saturated carbocycles. The molecule has 0 amide bonds. The molecule has 0 bridgehead atoms. The van der Waals surface area contributed by atoms with E-state index in [0.29, 0.717) is 13.0 Å². The van der Waals surface area contributed by atoms with Gasteiger partial charge in [-0.25, -0.2) is 0 Å². The summed E-state index contributed by atoms with van der Waals surface area (Å²) < 4.78 is 5.70. The van der Waals surface area contributed by atoms with E-state index in [4.69, 9.17) is 16.3 Å². The van der Waals surface area contributed by atoms with Crippen LogP contribution in [0.5, 0.6) is 5.75 Å². The highest BCUT2D eigenvalue weighted by atomic mass is 35.5. The highest BCUT2D eigenvalue weighted by molar-refractivity contribution is 6.30. The fraction of sp³-hybridized carbons (Fsp3) is 0.400. The van der Waals surface area contributed by atoms with Gasteiger partial charge in [-0.1, -0.05) is 23.7 Å².